The Morgan fingerprint density at radius 3 is 2.88 bits per heavy atom. The second kappa shape index (κ2) is 7.40. The quantitative estimate of drug-likeness (QED) is 0.640. The summed E-state index contributed by atoms with van der Waals surface area (Å²) >= 11 is 0. The van der Waals surface area contributed by atoms with Gasteiger partial charge in [-0.2, -0.15) is 0 Å². The number of benzene rings is 2. The van der Waals surface area contributed by atoms with Gasteiger partial charge < -0.3 is 19.3 Å². The SMILES string of the molecule is C=CCc1ccc2c(c1O)C(=O)CC(c1ccccc1OCOC)O2. The standard InChI is InChI=1S/C20H20O5/c1-3-6-13-9-10-17-19(20(13)22)15(21)11-18(25-17)14-7-4-5-8-16(14)24-12-23-2/h3-5,7-10,18,22H,1,6,11-12H2,2H3. The minimum atomic E-state index is -0.474. The molecule has 1 aliphatic heterocycles. The summed E-state index contributed by atoms with van der Waals surface area (Å²) in [6.45, 7) is 3.77. The molecule has 0 bridgehead atoms. The van der Waals surface area contributed by atoms with Gasteiger partial charge in [-0.25, -0.2) is 0 Å². The van der Waals surface area contributed by atoms with Gasteiger partial charge in [-0.3, -0.25) is 4.79 Å². The lowest BCUT2D eigenvalue weighted by Crippen LogP contribution is -2.21. The van der Waals surface area contributed by atoms with E-state index in [-0.39, 0.29) is 30.3 Å². The van der Waals surface area contributed by atoms with E-state index in [2.05, 4.69) is 6.58 Å². The number of methoxy groups -OCH3 is 1. The normalized spacial score (nSPS) is 16.0. The molecule has 0 saturated heterocycles. The molecule has 3 rings (SSSR count). The first-order chi connectivity index (χ1) is 12.2. The first kappa shape index (κ1) is 17.0. The molecule has 0 radical (unpaired) electrons. The molecule has 1 aliphatic rings. The molecule has 0 spiro atoms. The fourth-order valence-corrected chi connectivity index (χ4v) is 2.94. The summed E-state index contributed by atoms with van der Waals surface area (Å²) in [5.41, 5.74) is 1.67. The van der Waals surface area contributed by atoms with E-state index < -0.39 is 6.10 Å². The van der Waals surface area contributed by atoms with Gasteiger partial charge in [-0.1, -0.05) is 30.3 Å². The van der Waals surface area contributed by atoms with Gasteiger partial charge in [0.25, 0.3) is 0 Å². The van der Waals surface area contributed by atoms with E-state index in [4.69, 9.17) is 14.2 Å². The lowest BCUT2D eigenvalue weighted by atomic mass is 9.93. The van der Waals surface area contributed by atoms with Gasteiger partial charge in [0.05, 0.1) is 6.42 Å². The summed E-state index contributed by atoms with van der Waals surface area (Å²) in [6, 6.07) is 10.8. The molecule has 5 heteroatoms. The molecule has 2 aromatic carbocycles. The monoisotopic (exact) mass is 340 g/mol. The van der Waals surface area contributed by atoms with E-state index in [1.54, 1.807) is 25.3 Å². The number of phenolic OH excluding ortho intramolecular Hbond substituents is 1. The first-order valence-corrected chi connectivity index (χ1v) is 8.02. The fraction of sp³-hybridized carbons (Fsp3) is 0.250. The number of carbonyl (C=O) groups excluding carboxylic acids is 1. The highest BCUT2D eigenvalue weighted by molar-refractivity contribution is 6.03. The van der Waals surface area contributed by atoms with Crippen LogP contribution in [0.2, 0.25) is 0 Å². The van der Waals surface area contributed by atoms with Gasteiger partial charge >= 0.3 is 0 Å². The lowest BCUT2D eigenvalue weighted by Gasteiger charge is -2.27. The van der Waals surface area contributed by atoms with Gasteiger partial charge in [0.1, 0.15) is 28.9 Å². The van der Waals surface area contributed by atoms with E-state index >= 15 is 0 Å². The van der Waals surface area contributed by atoms with Gasteiger partial charge in [-0.15, -0.1) is 6.58 Å². The van der Waals surface area contributed by atoms with Crippen molar-refractivity contribution in [3.63, 3.8) is 0 Å². The average Bonchev–Trinajstić information content (AvgIpc) is 2.62. The predicted molar refractivity (Wildman–Crippen MR) is 93.3 cm³/mol. The maximum atomic E-state index is 12.6. The third-order valence-electron chi connectivity index (χ3n) is 4.10. The number of carbonyl (C=O) groups is 1. The van der Waals surface area contributed by atoms with Crippen LogP contribution in [0.3, 0.4) is 0 Å². The second-order valence-electron chi connectivity index (χ2n) is 5.76. The van der Waals surface area contributed by atoms with Crippen molar-refractivity contribution < 1.29 is 24.1 Å². The molecule has 2 aromatic rings. The highest BCUT2D eigenvalue weighted by Crippen LogP contribution is 2.42. The van der Waals surface area contributed by atoms with E-state index in [0.29, 0.717) is 23.5 Å². The summed E-state index contributed by atoms with van der Waals surface area (Å²) < 4.78 is 16.5. The number of rotatable bonds is 6. The number of phenols is 1. The highest BCUT2D eigenvalue weighted by Gasteiger charge is 2.32. The molecule has 1 heterocycles. The van der Waals surface area contributed by atoms with Gasteiger partial charge in [0.2, 0.25) is 0 Å². The molecular formula is C20H20O5. The van der Waals surface area contributed by atoms with Crippen molar-refractivity contribution in [1.29, 1.82) is 0 Å². The third-order valence-corrected chi connectivity index (χ3v) is 4.10. The molecule has 0 aliphatic carbocycles. The Balaban J connectivity index is 1.94. The van der Waals surface area contributed by atoms with E-state index in [1.165, 1.54) is 0 Å². The van der Waals surface area contributed by atoms with Crippen LogP contribution in [0.1, 0.15) is 34.0 Å². The predicted octanol–water partition coefficient (Wildman–Crippen LogP) is 3.81. The molecular weight excluding hydrogens is 320 g/mol. The Labute approximate surface area is 146 Å². The van der Waals surface area contributed by atoms with Crippen molar-refractivity contribution in [2.75, 3.05) is 13.9 Å². The maximum absolute atomic E-state index is 12.6. The van der Waals surface area contributed by atoms with E-state index in [9.17, 15) is 9.90 Å². The maximum Gasteiger partial charge on any atom is 0.188 e. The highest BCUT2D eigenvalue weighted by atomic mass is 16.7. The summed E-state index contributed by atoms with van der Waals surface area (Å²) in [4.78, 5) is 12.6. The smallest absolute Gasteiger partial charge is 0.188 e. The van der Waals surface area contributed by atoms with Gasteiger partial charge in [0, 0.05) is 12.7 Å². The molecule has 0 amide bonds. The summed E-state index contributed by atoms with van der Waals surface area (Å²) in [6.07, 6.45) is 1.83. The molecule has 1 unspecified atom stereocenters. The zero-order chi connectivity index (χ0) is 17.8. The Hall–Kier alpha value is -2.79. The van der Waals surface area contributed by atoms with Crippen molar-refractivity contribution in [3.05, 3.63) is 65.7 Å². The number of hydrogen-bond acceptors (Lipinski definition) is 5. The van der Waals surface area contributed by atoms with Crippen LogP contribution >= 0.6 is 0 Å². The molecule has 0 saturated carbocycles. The zero-order valence-electron chi connectivity index (χ0n) is 14.0. The van der Waals surface area contributed by atoms with Crippen LogP contribution in [-0.2, 0) is 11.2 Å². The second-order valence-corrected chi connectivity index (χ2v) is 5.76. The van der Waals surface area contributed by atoms with E-state index in [0.717, 1.165) is 5.56 Å². The molecule has 0 fully saturated rings. The number of allylic oxidation sites excluding steroid dienone is 1. The average molecular weight is 340 g/mol. The summed E-state index contributed by atoms with van der Waals surface area (Å²) in [5, 5.41) is 10.4. The molecule has 0 aromatic heterocycles. The Bertz CT molecular complexity index is 797. The number of ether oxygens (including phenoxy) is 3. The van der Waals surface area contributed by atoms with Crippen molar-refractivity contribution in [1.82, 2.24) is 0 Å². The summed E-state index contributed by atoms with van der Waals surface area (Å²) in [5.74, 6) is 0.812. The molecule has 130 valence electrons. The topological polar surface area (TPSA) is 65.0 Å². The van der Waals surface area contributed by atoms with E-state index in [1.807, 2.05) is 24.3 Å². The first-order valence-electron chi connectivity index (χ1n) is 8.02. The lowest BCUT2D eigenvalue weighted by molar-refractivity contribution is 0.0479. The minimum Gasteiger partial charge on any atom is -0.507 e. The number of fused-ring (bicyclic) bond motifs is 1. The van der Waals surface area contributed by atoms with Crippen molar-refractivity contribution in [2.24, 2.45) is 0 Å². The number of para-hydroxylation sites is 1. The number of ketones is 1. The minimum absolute atomic E-state index is 0.0234. The number of Topliss-reactive ketones (excluding diaryl/α,β-unsaturated/α-hetero) is 1. The van der Waals surface area contributed by atoms with Gasteiger partial charge in [0.15, 0.2) is 12.6 Å². The fourth-order valence-electron chi connectivity index (χ4n) is 2.94. The Morgan fingerprint density at radius 2 is 2.12 bits per heavy atom. The van der Waals surface area contributed by atoms with Crippen LogP contribution in [0.25, 0.3) is 0 Å². The van der Waals surface area contributed by atoms with Crippen molar-refractivity contribution in [2.45, 2.75) is 18.9 Å². The molecule has 25 heavy (non-hydrogen) atoms. The number of hydrogen-bond donors (Lipinski definition) is 1. The molecule has 1 atom stereocenters. The zero-order valence-corrected chi connectivity index (χ0v) is 14.0. The van der Waals surface area contributed by atoms with Gasteiger partial charge in [-0.05, 0) is 24.1 Å². The third kappa shape index (κ3) is 3.37. The van der Waals surface area contributed by atoms with Crippen molar-refractivity contribution >= 4 is 5.78 Å². The van der Waals surface area contributed by atoms with Crippen LogP contribution in [0, 0.1) is 0 Å². The summed E-state index contributed by atoms with van der Waals surface area (Å²) in [7, 11) is 1.54. The van der Waals surface area contributed by atoms with Crippen molar-refractivity contribution in [3.8, 4) is 17.2 Å². The largest absolute Gasteiger partial charge is 0.507 e. The Morgan fingerprint density at radius 1 is 1.32 bits per heavy atom. The number of aromatic hydroxyl groups is 1. The molecule has 5 nitrogen and oxygen atoms in total. The van der Waals surface area contributed by atoms with Crippen LogP contribution in [0.4, 0.5) is 0 Å². The van der Waals surface area contributed by atoms with Crippen LogP contribution in [0.5, 0.6) is 17.2 Å². The van der Waals surface area contributed by atoms with Crippen LogP contribution in [0.15, 0.2) is 49.1 Å². The Kier molecular flexibility index (Phi) is 5.05. The van der Waals surface area contributed by atoms with Crippen LogP contribution < -0.4 is 9.47 Å². The van der Waals surface area contributed by atoms with Crippen LogP contribution in [-0.4, -0.2) is 24.8 Å². The molecule has 1 N–H and O–H groups in total.